The monoisotopic (exact) mass is 548 g/mol. The highest BCUT2D eigenvalue weighted by atomic mass is 32.2. The fourth-order valence-electron chi connectivity index (χ4n) is 4.21. The van der Waals surface area contributed by atoms with E-state index in [-0.39, 0.29) is 11.8 Å². The molecule has 1 fully saturated rings. The fourth-order valence-corrected chi connectivity index (χ4v) is 6.36. The molecule has 1 aliphatic heterocycles. The Hall–Kier alpha value is -3.16. The number of piperidine rings is 1. The van der Waals surface area contributed by atoms with Crippen molar-refractivity contribution in [1.82, 2.24) is 24.1 Å². The zero-order valence-electron chi connectivity index (χ0n) is 20.0. The van der Waals surface area contributed by atoms with Gasteiger partial charge in [-0.2, -0.15) is 9.40 Å². The summed E-state index contributed by atoms with van der Waals surface area (Å²) in [5.41, 5.74) is 2.00. The minimum atomic E-state index is -3.21. The summed E-state index contributed by atoms with van der Waals surface area (Å²) < 4.78 is 59.5. The van der Waals surface area contributed by atoms with E-state index in [1.165, 1.54) is 28.4 Å². The molecule has 0 radical (unpaired) electrons. The van der Waals surface area contributed by atoms with E-state index < -0.39 is 23.0 Å². The molecular weight excluding hydrogens is 522 g/mol. The SMILES string of the molecule is CCS(=O)(=O)N1CCC[C@H](Nc2nc3ccc(Oc4ccnc(-c5cnn(CC(F)F)c5)c4)cc3s2)C1. The third kappa shape index (κ3) is 6.05. The van der Waals surface area contributed by atoms with Gasteiger partial charge in [0.1, 0.15) is 18.0 Å². The Labute approximate surface area is 217 Å². The van der Waals surface area contributed by atoms with E-state index in [4.69, 9.17) is 4.74 Å². The molecule has 1 atom stereocenters. The van der Waals surface area contributed by atoms with Crippen LogP contribution < -0.4 is 10.1 Å². The normalized spacial score (nSPS) is 16.9. The van der Waals surface area contributed by atoms with E-state index >= 15 is 0 Å². The number of anilines is 1. The van der Waals surface area contributed by atoms with Crippen molar-refractivity contribution in [3.05, 3.63) is 48.9 Å². The zero-order valence-corrected chi connectivity index (χ0v) is 21.7. The molecule has 13 heteroatoms. The van der Waals surface area contributed by atoms with Crippen LogP contribution in [0.5, 0.6) is 11.5 Å². The van der Waals surface area contributed by atoms with E-state index in [0.717, 1.165) is 28.2 Å². The fraction of sp³-hybridized carbons (Fsp3) is 0.375. The average molecular weight is 549 g/mol. The van der Waals surface area contributed by atoms with E-state index in [9.17, 15) is 17.2 Å². The maximum absolute atomic E-state index is 12.6. The summed E-state index contributed by atoms with van der Waals surface area (Å²) in [5.74, 6) is 1.27. The predicted octanol–water partition coefficient (Wildman–Crippen LogP) is 4.84. The summed E-state index contributed by atoms with van der Waals surface area (Å²) in [5, 5.41) is 8.10. The van der Waals surface area contributed by atoms with Gasteiger partial charge < -0.3 is 10.1 Å². The molecule has 196 valence electrons. The van der Waals surface area contributed by atoms with Crippen LogP contribution in [-0.2, 0) is 16.6 Å². The van der Waals surface area contributed by atoms with Crippen LogP contribution in [0.15, 0.2) is 48.9 Å². The van der Waals surface area contributed by atoms with Crippen molar-refractivity contribution in [3.63, 3.8) is 0 Å². The molecule has 1 aromatic carbocycles. The van der Waals surface area contributed by atoms with Crippen LogP contribution in [0.1, 0.15) is 19.8 Å². The van der Waals surface area contributed by atoms with Crippen LogP contribution in [0.4, 0.5) is 13.9 Å². The second kappa shape index (κ2) is 10.7. The highest BCUT2D eigenvalue weighted by Crippen LogP contribution is 2.33. The van der Waals surface area contributed by atoms with Crippen molar-refractivity contribution in [3.8, 4) is 22.8 Å². The smallest absolute Gasteiger partial charge is 0.257 e. The summed E-state index contributed by atoms with van der Waals surface area (Å²) in [7, 11) is -3.21. The Kier molecular flexibility index (Phi) is 7.36. The molecule has 0 spiro atoms. The van der Waals surface area contributed by atoms with Gasteiger partial charge in [-0.1, -0.05) is 11.3 Å². The van der Waals surface area contributed by atoms with Crippen LogP contribution in [0.2, 0.25) is 0 Å². The number of hydrogen-bond donors (Lipinski definition) is 1. The maximum atomic E-state index is 12.6. The van der Waals surface area contributed by atoms with Crippen molar-refractivity contribution >= 4 is 36.7 Å². The molecule has 0 bridgehead atoms. The van der Waals surface area contributed by atoms with Gasteiger partial charge in [0.25, 0.3) is 6.43 Å². The van der Waals surface area contributed by atoms with Crippen molar-refractivity contribution in [2.75, 3.05) is 24.2 Å². The molecule has 1 aliphatic rings. The summed E-state index contributed by atoms with van der Waals surface area (Å²) in [6.07, 6.45) is 3.82. The van der Waals surface area contributed by atoms with Gasteiger partial charge in [0.2, 0.25) is 10.0 Å². The molecule has 1 saturated heterocycles. The molecule has 3 aromatic heterocycles. The highest BCUT2D eigenvalue weighted by Gasteiger charge is 2.28. The molecule has 1 N–H and O–H groups in total. The number of alkyl halides is 2. The van der Waals surface area contributed by atoms with E-state index in [0.29, 0.717) is 35.8 Å². The number of ether oxygens (including phenoxy) is 1. The van der Waals surface area contributed by atoms with Crippen molar-refractivity contribution < 1.29 is 21.9 Å². The number of thiazole rings is 1. The first-order chi connectivity index (χ1) is 17.8. The molecule has 5 rings (SSSR count). The molecular formula is C24H26F2N6O3S2. The van der Waals surface area contributed by atoms with Crippen LogP contribution in [0.25, 0.3) is 21.5 Å². The summed E-state index contributed by atoms with van der Waals surface area (Å²) >= 11 is 1.48. The van der Waals surface area contributed by atoms with Gasteiger partial charge in [-0.25, -0.2) is 22.2 Å². The van der Waals surface area contributed by atoms with Crippen LogP contribution in [0, 0.1) is 0 Å². The van der Waals surface area contributed by atoms with Gasteiger partial charge >= 0.3 is 0 Å². The first kappa shape index (κ1) is 25.5. The first-order valence-corrected chi connectivity index (χ1v) is 14.3. The van der Waals surface area contributed by atoms with E-state index in [1.807, 2.05) is 18.2 Å². The number of nitrogens with zero attached hydrogens (tertiary/aromatic N) is 5. The standard InChI is InChI=1S/C24H26F2N6O3S2/c1-2-37(33,34)32-9-3-4-17(14-32)29-24-30-20-6-5-18(11-22(20)36-24)35-19-7-8-27-21(10-19)16-12-28-31(13-16)15-23(25)26/h5-8,10-13,17,23H,2-4,9,14-15H2,1H3,(H,29,30)/t17-/m0/s1. The molecule has 0 amide bonds. The second-order valence-corrected chi connectivity index (χ2v) is 12.0. The number of pyridine rings is 1. The Morgan fingerprint density at radius 2 is 2.08 bits per heavy atom. The van der Waals surface area contributed by atoms with Crippen LogP contribution in [0.3, 0.4) is 0 Å². The highest BCUT2D eigenvalue weighted by molar-refractivity contribution is 7.89. The number of aromatic nitrogens is 4. The Bertz CT molecular complexity index is 1490. The average Bonchev–Trinajstić information content (AvgIpc) is 3.50. The molecule has 9 nitrogen and oxygen atoms in total. The molecule has 4 heterocycles. The van der Waals surface area contributed by atoms with Gasteiger partial charge in [0.05, 0.1) is 27.9 Å². The topological polar surface area (TPSA) is 102 Å². The molecule has 4 aromatic rings. The van der Waals surface area contributed by atoms with Crippen molar-refractivity contribution in [2.24, 2.45) is 0 Å². The summed E-state index contributed by atoms with van der Waals surface area (Å²) in [4.78, 5) is 8.95. The lowest BCUT2D eigenvalue weighted by atomic mass is 10.1. The van der Waals surface area contributed by atoms with Crippen molar-refractivity contribution in [1.29, 1.82) is 0 Å². The number of nitrogens with one attached hydrogen (secondary N) is 1. The first-order valence-electron chi connectivity index (χ1n) is 11.9. The number of sulfonamides is 1. The number of rotatable bonds is 9. The largest absolute Gasteiger partial charge is 0.457 e. The summed E-state index contributed by atoms with van der Waals surface area (Å²) in [6, 6.07) is 9.04. The second-order valence-electron chi connectivity index (χ2n) is 8.71. The quantitative estimate of drug-likeness (QED) is 0.319. The minimum absolute atomic E-state index is 0.00615. The van der Waals surface area contributed by atoms with Gasteiger partial charge in [0.15, 0.2) is 5.13 Å². The lowest BCUT2D eigenvalue weighted by molar-refractivity contribution is 0.122. The Morgan fingerprint density at radius 1 is 1.24 bits per heavy atom. The van der Waals surface area contributed by atoms with Gasteiger partial charge in [-0.05, 0) is 38.0 Å². The third-order valence-electron chi connectivity index (χ3n) is 6.05. The minimum Gasteiger partial charge on any atom is -0.457 e. The van der Waals surface area contributed by atoms with E-state index in [1.54, 1.807) is 29.6 Å². The van der Waals surface area contributed by atoms with Crippen LogP contribution >= 0.6 is 11.3 Å². The van der Waals surface area contributed by atoms with Gasteiger partial charge in [-0.15, -0.1) is 0 Å². The third-order valence-corrected chi connectivity index (χ3v) is 8.85. The summed E-state index contributed by atoms with van der Waals surface area (Å²) in [6.45, 7) is 2.19. The Morgan fingerprint density at radius 3 is 2.89 bits per heavy atom. The lowest BCUT2D eigenvalue weighted by Crippen LogP contribution is -2.45. The number of fused-ring (bicyclic) bond motifs is 1. The molecule has 37 heavy (non-hydrogen) atoms. The van der Waals surface area contributed by atoms with E-state index in [2.05, 4.69) is 20.4 Å². The number of hydrogen-bond acceptors (Lipinski definition) is 8. The maximum Gasteiger partial charge on any atom is 0.257 e. The van der Waals surface area contributed by atoms with Gasteiger partial charge in [0, 0.05) is 49.2 Å². The molecule has 0 saturated carbocycles. The van der Waals surface area contributed by atoms with Crippen molar-refractivity contribution in [2.45, 2.75) is 38.8 Å². The van der Waals surface area contributed by atoms with Gasteiger partial charge in [-0.3, -0.25) is 9.67 Å². The Balaban J connectivity index is 1.28. The zero-order chi connectivity index (χ0) is 26.0. The predicted molar refractivity (Wildman–Crippen MR) is 139 cm³/mol. The molecule has 0 aliphatic carbocycles. The molecule has 0 unspecified atom stereocenters. The van der Waals surface area contributed by atoms with Crippen LogP contribution in [-0.4, -0.2) is 63.8 Å². The lowest BCUT2D eigenvalue weighted by Gasteiger charge is -2.31. The number of halogens is 2. The number of benzene rings is 1.